The van der Waals surface area contributed by atoms with Crippen molar-refractivity contribution in [1.82, 2.24) is 14.8 Å². The number of amides is 1. The maximum atomic E-state index is 13.0. The summed E-state index contributed by atoms with van der Waals surface area (Å²) in [5.41, 5.74) is 4.00. The van der Waals surface area contributed by atoms with E-state index in [1.165, 1.54) is 11.3 Å². The normalized spacial score (nSPS) is 12.9. The molecule has 1 amide bonds. The Morgan fingerprint density at radius 3 is 2.63 bits per heavy atom. The summed E-state index contributed by atoms with van der Waals surface area (Å²) >= 11 is 1.41. The topological polar surface area (TPSA) is 78.3 Å². The molecular formula is C22H20N4O3S. The van der Waals surface area contributed by atoms with Crippen LogP contribution in [0.2, 0.25) is 0 Å². The number of hydrogen-bond donors (Lipinski definition) is 1. The smallest absolute Gasteiger partial charge is 0.261 e. The van der Waals surface area contributed by atoms with Crippen LogP contribution in [0.3, 0.4) is 0 Å². The molecule has 1 N–H and O–H groups in total. The van der Waals surface area contributed by atoms with Crippen LogP contribution in [-0.4, -0.2) is 33.9 Å². The molecule has 0 radical (unpaired) electrons. The molecule has 3 heterocycles. The van der Waals surface area contributed by atoms with Crippen LogP contribution in [0, 0.1) is 13.8 Å². The Bertz CT molecular complexity index is 1200. The zero-order valence-corrected chi connectivity index (χ0v) is 17.5. The van der Waals surface area contributed by atoms with E-state index in [0.717, 1.165) is 21.5 Å². The molecule has 0 saturated heterocycles. The summed E-state index contributed by atoms with van der Waals surface area (Å²) < 4.78 is 14.0. The number of carbonyl (C=O) groups excluding carboxylic acids is 1. The number of fused-ring (bicyclic) bond motifs is 2. The summed E-state index contributed by atoms with van der Waals surface area (Å²) in [6, 6.07) is 13.8. The Labute approximate surface area is 177 Å². The number of hydrogen-bond acceptors (Lipinski definition) is 6. The second-order valence-corrected chi connectivity index (χ2v) is 8.16. The molecule has 0 spiro atoms. The average molecular weight is 420 g/mol. The number of nitrogens with one attached hydrogen (secondary N) is 1. The minimum Gasteiger partial charge on any atom is -0.486 e. The number of anilines is 1. The first kappa shape index (κ1) is 18.6. The van der Waals surface area contributed by atoms with Gasteiger partial charge in [0.25, 0.3) is 5.91 Å². The molecule has 2 aromatic carbocycles. The van der Waals surface area contributed by atoms with Gasteiger partial charge in [0.1, 0.15) is 13.2 Å². The molecule has 30 heavy (non-hydrogen) atoms. The number of thiazole rings is 1. The monoisotopic (exact) mass is 420 g/mol. The average Bonchev–Trinajstić information content (AvgIpc) is 3.25. The lowest BCUT2D eigenvalue weighted by atomic mass is 10.2. The van der Waals surface area contributed by atoms with Crippen molar-refractivity contribution < 1.29 is 14.3 Å². The molecule has 5 rings (SSSR count). The summed E-state index contributed by atoms with van der Waals surface area (Å²) in [7, 11) is 0. The summed E-state index contributed by atoms with van der Waals surface area (Å²) in [6.45, 7) is 5.45. The van der Waals surface area contributed by atoms with Gasteiger partial charge in [-0.1, -0.05) is 41.7 Å². The van der Waals surface area contributed by atoms with Gasteiger partial charge in [-0.2, -0.15) is 5.10 Å². The van der Waals surface area contributed by atoms with Crippen LogP contribution in [0.15, 0.2) is 42.5 Å². The highest BCUT2D eigenvalue weighted by Crippen LogP contribution is 2.38. The van der Waals surface area contributed by atoms with Gasteiger partial charge in [0.2, 0.25) is 0 Å². The Hall–Kier alpha value is -3.39. The van der Waals surface area contributed by atoms with Gasteiger partial charge in [-0.15, -0.1) is 0 Å². The first-order valence-electron chi connectivity index (χ1n) is 9.68. The van der Waals surface area contributed by atoms with E-state index in [4.69, 9.17) is 9.47 Å². The van der Waals surface area contributed by atoms with Crippen molar-refractivity contribution in [3.63, 3.8) is 0 Å². The van der Waals surface area contributed by atoms with Crippen LogP contribution in [0.4, 0.5) is 5.13 Å². The highest BCUT2D eigenvalue weighted by atomic mass is 32.1. The van der Waals surface area contributed by atoms with Crippen molar-refractivity contribution >= 4 is 32.6 Å². The predicted octanol–water partition coefficient (Wildman–Crippen LogP) is 4.18. The van der Waals surface area contributed by atoms with Crippen molar-refractivity contribution in [3.05, 3.63) is 65.0 Å². The van der Waals surface area contributed by atoms with E-state index in [0.29, 0.717) is 47.6 Å². The van der Waals surface area contributed by atoms with Gasteiger partial charge in [-0.05, 0) is 19.4 Å². The van der Waals surface area contributed by atoms with E-state index in [2.05, 4.69) is 15.4 Å². The molecule has 0 aliphatic carbocycles. The highest BCUT2D eigenvalue weighted by Gasteiger charge is 2.21. The third-order valence-electron chi connectivity index (χ3n) is 5.06. The Morgan fingerprint density at radius 1 is 1.13 bits per heavy atom. The molecule has 0 saturated carbocycles. The van der Waals surface area contributed by atoms with E-state index < -0.39 is 0 Å². The number of nitrogens with zero attached hydrogens (tertiary/aromatic N) is 3. The van der Waals surface area contributed by atoms with Gasteiger partial charge < -0.3 is 9.47 Å². The molecule has 4 aromatic rings. The van der Waals surface area contributed by atoms with Crippen LogP contribution in [-0.2, 0) is 6.54 Å². The third-order valence-corrected chi connectivity index (χ3v) is 5.99. The summed E-state index contributed by atoms with van der Waals surface area (Å²) in [5, 5.41) is 8.03. The molecule has 0 unspecified atom stereocenters. The highest BCUT2D eigenvalue weighted by molar-refractivity contribution is 7.22. The SMILES string of the molecule is Cc1nn(Cc2ccccc2)c(C)c1C(=O)Nc1nc2cc3c(cc2s1)OCCO3. The lowest BCUT2D eigenvalue weighted by Crippen LogP contribution is -2.15. The van der Waals surface area contributed by atoms with E-state index in [-0.39, 0.29) is 5.91 Å². The van der Waals surface area contributed by atoms with Crippen LogP contribution in [0.25, 0.3) is 10.2 Å². The minimum absolute atomic E-state index is 0.208. The van der Waals surface area contributed by atoms with Gasteiger partial charge in [0, 0.05) is 17.8 Å². The molecule has 2 aromatic heterocycles. The molecule has 1 aliphatic heterocycles. The maximum absolute atomic E-state index is 13.0. The first-order chi connectivity index (χ1) is 14.6. The summed E-state index contributed by atoms with van der Waals surface area (Å²) in [5.74, 6) is 1.19. The van der Waals surface area contributed by atoms with Gasteiger partial charge in [-0.3, -0.25) is 14.8 Å². The van der Waals surface area contributed by atoms with Crippen molar-refractivity contribution in [3.8, 4) is 11.5 Å². The zero-order valence-electron chi connectivity index (χ0n) is 16.6. The number of aryl methyl sites for hydroxylation is 1. The summed E-state index contributed by atoms with van der Waals surface area (Å²) in [4.78, 5) is 17.6. The van der Waals surface area contributed by atoms with Gasteiger partial charge in [0.05, 0.1) is 28.0 Å². The molecule has 0 atom stereocenters. The minimum atomic E-state index is -0.208. The Balaban J connectivity index is 1.40. The van der Waals surface area contributed by atoms with Crippen LogP contribution >= 0.6 is 11.3 Å². The maximum Gasteiger partial charge on any atom is 0.261 e. The van der Waals surface area contributed by atoms with Crippen LogP contribution < -0.4 is 14.8 Å². The van der Waals surface area contributed by atoms with Crippen LogP contribution in [0.1, 0.15) is 27.3 Å². The van der Waals surface area contributed by atoms with Crippen molar-refractivity contribution in [2.75, 3.05) is 18.5 Å². The molecular weight excluding hydrogens is 400 g/mol. The molecule has 1 aliphatic rings. The first-order valence-corrected chi connectivity index (χ1v) is 10.5. The van der Waals surface area contributed by atoms with Gasteiger partial charge in [0.15, 0.2) is 16.6 Å². The molecule has 0 fully saturated rings. The number of aromatic nitrogens is 3. The van der Waals surface area contributed by atoms with Crippen molar-refractivity contribution in [2.45, 2.75) is 20.4 Å². The number of rotatable bonds is 4. The van der Waals surface area contributed by atoms with Crippen molar-refractivity contribution in [1.29, 1.82) is 0 Å². The van der Waals surface area contributed by atoms with E-state index >= 15 is 0 Å². The molecule has 8 heteroatoms. The lowest BCUT2D eigenvalue weighted by molar-refractivity contribution is 0.102. The quantitative estimate of drug-likeness (QED) is 0.536. The molecule has 152 valence electrons. The van der Waals surface area contributed by atoms with E-state index in [1.807, 2.05) is 61.0 Å². The third kappa shape index (κ3) is 3.39. The van der Waals surface area contributed by atoms with Crippen molar-refractivity contribution in [2.24, 2.45) is 0 Å². The fraction of sp³-hybridized carbons (Fsp3) is 0.227. The largest absolute Gasteiger partial charge is 0.486 e. The zero-order chi connectivity index (χ0) is 20.7. The number of carbonyl (C=O) groups is 1. The fourth-order valence-corrected chi connectivity index (χ4v) is 4.48. The van der Waals surface area contributed by atoms with Crippen LogP contribution in [0.5, 0.6) is 11.5 Å². The molecule has 7 nitrogen and oxygen atoms in total. The lowest BCUT2D eigenvalue weighted by Gasteiger charge is -2.17. The Morgan fingerprint density at radius 2 is 1.87 bits per heavy atom. The molecule has 0 bridgehead atoms. The summed E-state index contributed by atoms with van der Waals surface area (Å²) in [6.07, 6.45) is 0. The van der Waals surface area contributed by atoms with Gasteiger partial charge in [-0.25, -0.2) is 4.98 Å². The van der Waals surface area contributed by atoms with Gasteiger partial charge >= 0.3 is 0 Å². The number of ether oxygens (including phenoxy) is 2. The van der Waals surface area contributed by atoms with E-state index in [1.54, 1.807) is 0 Å². The standard InChI is InChI=1S/C22H20N4O3S/c1-13-20(14(2)26(25-13)12-15-6-4-3-5-7-15)21(27)24-22-23-16-10-17-18(11-19(16)30-22)29-9-8-28-17/h3-7,10-11H,8-9,12H2,1-2H3,(H,23,24,27). The Kier molecular flexibility index (Phi) is 4.63. The second-order valence-electron chi connectivity index (χ2n) is 7.13. The second kappa shape index (κ2) is 7.46. The predicted molar refractivity (Wildman–Crippen MR) is 116 cm³/mol. The van der Waals surface area contributed by atoms with E-state index in [9.17, 15) is 4.79 Å². The fourth-order valence-electron chi connectivity index (χ4n) is 3.61. The number of benzene rings is 2.